The van der Waals surface area contributed by atoms with Gasteiger partial charge in [0.1, 0.15) is 5.75 Å². The summed E-state index contributed by atoms with van der Waals surface area (Å²) in [6, 6.07) is 10.0. The van der Waals surface area contributed by atoms with Gasteiger partial charge in [0.25, 0.3) is 0 Å². The van der Waals surface area contributed by atoms with Crippen molar-refractivity contribution < 1.29 is 9.84 Å². The van der Waals surface area contributed by atoms with Gasteiger partial charge in [0.05, 0.1) is 12.2 Å². The third-order valence-electron chi connectivity index (χ3n) is 5.92. The van der Waals surface area contributed by atoms with Gasteiger partial charge in [0, 0.05) is 0 Å². The number of hydrogen-bond acceptors (Lipinski definition) is 2. The molecule has 0 amide bonds. The third-order valence-corrected chi connectivity index (χ3v) is 5.92. The van der Waals surface area contributed by atoms with Crippen LogP contribution in [0.15, 0.2) is 30.3 Å². The van der Waals surface area contributed by atoms with E-state index in [2.05, 4.69) is 0 Å². The molecule has 4 aliphatic rings. The average Bonchev–Trinajstić information content (AvgIpc) is 2.42. The summed E-state index contributed by atoms with van der Waals surface area (Å²) in [5.41, 5.74) is -0.366. The molecule has 4 saturated carbocycles. The molecule has 0 aliphatic heterocycles. The largest absolute Gasteiger partial charge is 0.494 e. The molecule has 1 aromatic carbocycles. The number of para-hydroxylation sites is 1. The van der Waals surface area contributed by atoms with E-state index < -0.39 is 0 Å². The fourth-order valence-electron chi connectivity index (χ4n) is 5.43. The highest BCUT2D eigenvalue weighted by Crippen LogP contribution is 2.59. The molecule has 0 heterocycles. The van der Waals surface area contributed by atoms with Crippen molar-refractivity contribution in [1.29, 1.82) is 0 Å². The Bertz CT molecular complexity index is 456. The Balaban J connectivity index is 1.39. The van der Waals surface area contributed by atoms with Crippen LogP contribution in [0.1, 0.15) is 38.5 Å². The summed E-state index contributed by atoms with van der Waals surface area (Å²) < 4.78 is 5.85. The van der Waals surface area contributed by atoms with Gasteiger partial charge in [0.15, 0.2) is 0 Å². The zero-order valence-corrected chi connectivity index (χ0v) is 12.0. The average molecular weight is 272 g/mol. The maximum Gasteiger partial charge on any atom is 0.119 e. The first-order chi connectivity index (χ1) is 9.73. The third kappa shape index (κ3) is 2.14. The monoisotopic (exact) mass is 272 g/mol. The van der Waals surface area contributed by atoms with Gasteiger partial charge in [-0.2, -0.15) is 0 Å². The Kier molecular flexibility index (Phi) is 3.03. The quantitative estimate of drug-likeness (QED) is 0.906. The Labute approximate surface area is 121 Å². The second-order valence-corrected chi connectivity index (χ2v) is 7.27. The van der Waals surface area contributed by atoms with Crippen LogP contribution in [0.4, 0.5) is 0 Å². The van der Waals surface area contributed by atoms with Crippen molar-refractivity contribution in [3.05, 3.63) is 30.3 Å². The van der Waals surface area contributed by atoms with Crippen molar-refractivity contribution in [3.8, 4) is 5.75 Å². The molecule has 0 radical (unpaired) electrons. The lowest BCUT2D eigenvalue weighted by molar-refractivity contribution is -0.174. The molecule has 2 nitrogen and oxygen atoms in total. The van der Waals surface area contributed by atoms with E-state index in [1.165, 1.54) is 19.3 Å². The lowest BCUT2D eigenvalue weighted by Crippen LogP contribution is -2.57. The first-order valence-corrected chi connectivity index (χ1v) is 8.13. The van der Waals surface area contributed by atoms with Gasteiger partial charge in [-0.05, 0) is 74.3 Å². The summed E-state index contributed by atoms with van der Waals surface area (Å²) >= 11 is 0. The van der Waals surface area contributed by atoms with Crippen LogP contribution >= 0.6 is 0 Å². The van der Waals surface area contributed by atoms with Crippen molar-refractivity contribution in [3.63, 3.8) is 0 Å². The van der Waals surface area contributed by atoms with Crippen molar-refractivity contribution in [2.75, 3.05) is 6.61 Å². The predicted octanol–water partition coefficient (Wildman–Crippen LogP) is 3.64. The Hall–Kier alpha value is -1.02. The molecule has 4 bridgehead atoms. The molecule has 5 rings (SSSR count). The number of hydrogen-bond donors (Lipinski definition) is 1. The summed E-state index contributed by atoms with van der Waals surface area (Å²) in [5, 5.41) is 11.0. The molecule has 3 unspecified atom stereocenters. The van der Waals surface area contributed by atoms with Gasteiger partial charge in [-0.25, -0.2) is 0 Å². The standard InChI is InChI=1S/C18H24O2/c19-18-11-13-8-14(12-18)10-15(9-13)17(18)6-7-20-16-4-2-1-3-5-16/h1-5,13-15,17,19H,6-12H2. The molecule has 2 heteroatoms. The van der Waals surface area contributed by atoms with Gasteiger partial charge < -0.3 is 9.84 Å². The second kappa shape index (κ2) is 4.77. The van der Waals surface area contributed by atoms with Crippen molar-refractivity contribution >= 4 is 0 Å². The predicted molar refractivity (Wildman–Crippen MR) is 78.5 cm³/mol. The molecular weight excluding hydrogens is 248 g/mol. The number of ether oxygens (including phenoxy) is 1. The van der Waals surface area contributed by atoms with Crippen LogP contribution in [0.5, 0.6) is 5.75 Å². The summed E-state index contributed by atoms with van der Waals surface area (Å²) in [6.45, 7) is 0.739. The molecule has 1 aromatic rings. The maximum atomic E-state index is 11.0. The Morgan fingerprint density at radius 1 is 1.05 bits per heavy atom. The molecule has 1 N–H and O–H groups in total. The summed E-state index contributed by atoms with van der Waals surface area (Å²) in [7, 11) is 0. The van der Waals surface area contributed by atoms with Crippen LogP contribution in [-0.2, 0) is 0 Å². The van der Waals surface area contributed by atoms with E-state index in [1.807, 2.05) is 30.3 Å². The summed E-state index contributed by atoms with van der Waals surface area (Å²) in [4.78, 5) is 0. The first kappa shape index (κ1) is 12.7. The minimum Gasteiger partial charge on any atom is -0.494 e. The van der Waals surface area contributed by atoms with Crippen molar-refractivity contribution in [1.82, 2.24) is 0 Å². The van der Waals surface area contributed by atoms with Crippen LogP contribution < -0.4 is 4.74 Å². The molecule has 4 aliphatic carbocycles. The molecule has 0 saturated heterocycles. The van der Waals surface area contributed by atoms with E-state index in [-0.39, 0.29) is 5.60 Å². The molecular formula is C18H24O2. The summed E-state index contributed by atoms with van der Waals surface area (Å²) in [6.07, 6.45) is 7.21. The molecule has 4 fully saturated rings. The highest BCUT2D eigenvalue weighted by molar-refractivity contribution is 5.20. The molecule has 0 spiro atoms. The SMILES string of the molecule is OC12CC3CC(CC(C3)C1CCOc1ccccc1)C2. The minimum absolute atomic E-state index is 0.366. The van der Waals surface area contributed by atoms with E-state index in [1.54, 1.807) is 0 Å². The van der Waals surface area contributed by atoms with Gasteiger partial charge in [-0.3, -0.25) is 0 Å². The molecule has 3 atom stereocenters. The zero-order chi connectivity index (χ0) is 13.6. The second-order valence-electron chi connectivity index (χ2n) is 7.27. The highest BCUT2D eigenvalue weighted by Gasteiger charge is 2.55. The van der Waals surface area contributed by atoms with Crippen molar-refractivity contribution in [2.45, 2.75) is 44.1 Å². The van der Waals surface area contributed by atoms with E-state index in [4.69, 9.17) is 4.74 Å². The lowest BCUT2D eigenvalue weighted by Gasteiger charge is -2.59. The number of aliphatic hydroxyl groups is 1. The van der Waals surface area contributed by atoms with Gasteiger partial charge >= 0.3 is 0 Å². The minimum atomic E-state index is -0.366. The smallest absolute Gasteiger partial charge is 0.119 e. The molecule has 108 valence electrons. The molecule has 0 aromatic heterocycles. The van der Waals surface area contributed by atoms with Gasteiger partial charge in [0.2, 0.25) is 0 Å². The van der Waals surface area contributed by atoms with Gasteiger partial charge in [-0.15, -0.1) is 0 Å². The zero-order valence-electron chi connectivity index (χ0n) is 12.0. The topological polar surface area (TPSA) is 29.5 Å². The Morgan fingerprint density at radius 3 is 2.40 bits per heavy atom. The van der Waals surface area contributed by atoms with Gasteiger partial charge in [-0.1, -0.05) is 18.2 Å². The van der Waals surface area contributed by atoms with E-state index in [9.17, 15) is 5.11 Å². The maximum absolute atomic E-state index is 11.0. The molecule has 20 heavy (non-hydrogen) atoms. The van der Waals surface area contributed by atoms with Crippen molar-refractivity contribution in [2.24, 2.45) is 23.7 Å². The van der Waals surface area contributed by atoms with E-state index in [0.29, 0.717) is 5.92 Å². The number of benzene rings is 1. The lowest BCUT2D eigenvalue weighted by atomic mass is 9.49. The normalized spacial score (nSPS) is 41.9. The summed E-state index contributed by atoms with van der Waals surface area (Å²) in [5.74, 6) is 3.79. The van der Waals surface area contributed by atoms with E-state index >= 15 is 0 Å². The number of rotatable bonds is 4. The van der Waals surface area contributed by atoms with Crippen LogP contribution in [0, 0.1) is 23.7 Å². The highest BCUT2D eigenvalue weighted by atomic mass is 16.5. The fourth-order valence-corrected chi connectivity index (χ4v) is 5.43. The first-order valence-electron chi connectivity index (χ1n) is 8.13. The van der Waals surface area contributed by atoms with Crippen LogP contribution in [0.25, 0.3) is 0 Å². The van der Waals surface area contributed by atoms with Crippen LogP contribution in [0.2, 0.25) is 0 Å². The van der Waals surface area contributed by atoms with Crippen LogP contribution in [0.3, 0.4) is 0 Å². The fraction of sp³-hybridized carbons (Fsp3) is 0.667. The van der Waals surface area contributed by atoms with Crippen LogP contribution in [-0.4, -0.2) is 17.3 Å². The Morgan fingerprint density at radius 2 is 1.75 bits per heavy atom. The van der Waals surface area contributed by atoms with E-state index in [0.717, 1.165) is 49.4 Å².